The lowest BCUT2D eigenvalue weighted by molar-refractivity contribution is 0.277. The van der Waals surface area contributed by atoms with E-state index >= 15 is 0 Å². The van der Waals surface area contributed by atoms with Gasteiger partial charge in [0.2, 0.25) is 0 Å². The zero-order valence-corrected chi connectivity index (χ0v) is 8.20. The molecule has 1 aromatic carbocycles. The van der Waals surface area contributed by atoms with Gasteiger partial charge in [0.15, 0.2) is 0 Å². The number of aliphatic hydroxyl groups excluding tert-OH is 2. The standard InChI is InChI=1S/C12H14O2/c1-10-3-2-4-11(7-10)5-6-12(8-13)9-14/h2-5,7,13-14H,8-9H2,1H3. The fraction of sp³-hybridized carbons (Fsp3) is 0.250. The Morgan fingerprint density at radius 2 is 2.07 bits per heavy atom. The van der Waals surface area contributed by atoms with Gasteiger partial charge in [0.05, 0.1) is 13.2 Å². The van der Waals surface area contributed by atoms with E-state index in [1.807, 2.05) is 31.2 Å². The van der Waals surface area contributed by atoms with Crippen LogP contribution in [0, 0.1) is 6.92 Å². The smallest absolute Gasteiger partial charge is 0.0738 e. The van der Waals surface area contributed by atoms with Crippen LogP contribution >= 0.6 is 0 Å². The third kappa shape index (κ3) is 3.19. The lowest BCUT2D eigenvalue weighted by atomic mass is 10.1. The van der Waals surface area contributed by atoms with Crippen LogP contribution in [0.5, 0.6) is 0 Å². The van der Waals surface area contributed by atoms with Crippen molar-refractivity contribution in [3.05, 3.63) is 46.7 Å². The molecular weight excluding hydrogens is 176 g/mol. The van der Waals surface area contributed by atoms with Crippen LogP contribution in [-0.2, 0) is 0 Å². The minimum atomic E-state index is -0.154. The maximum Gasteiger partial charge on any atom is 0.0738 e. The molecule has 0 saturated carbocycles. The summed E-state index contributed by atoms with van der Waals surface area (Å²) in [4.78, 5) is 0. The van der Waals surface area contributed by atoms with Crippen molar-refractivity contribution in [2.24, 2.45) is 0 Å². The number of aryl methyl sites for hydroxylation is 1. The van der Waals surface area contributed by atoms with E-state index in [4.69, 9.17) is 10.2 Å². The molecule has 0 bridgehead atoms. The van der Waals surface area contributed by atoms with E-state index in [0.29, 0.717) is 5.57 Å². The summed E-state index contributed by atoms with van der Waals surface area (Å²) in [5.41, 5.74) is 5.54. The minimum Gasteiger partial charge on any atom is -0.391 e. The van der Waals surface area contributed by atoms with Crippen molar-refractivity contribution in [3.8, 4) is 0 Å². The Kier molecular flexibility index (Phi) is 4.14. The van der Waals surface area contributed by atoms with Crippen LogP contribution < -0.4 is 0 Å². The van der Waals surface area contributed by atoms with Gasteiger partial charge in [-0.25, -0.2) is 0 Å². The van der Waals surface area contributed by atoms with Crippen molar-refractivity contribution < 1.29 is 10.2 Å². The summed E-state index contributed by atoms with van der Waals surface area (Å²) in [6, 6.07) is 7.94. The van der Waals surface area contributed by atoms with Crippen molar-refractivity contribution >= 4 is 6.08 Å². The molecule has 1 aromatic rings. The Labute approximate surface area is 83.8 Å². The highest BCUT2D eigenvalue weighted by atomic mass is 16.3. The molecule has 0 unspecified atom stereocenters. The number of rotatable bonds is 3. The molecule has 0 amide bonds. The Morgan fingerprint density at radius 1 is 1.36 bits per heavy atom. The molecule has 0 saturated heterocycles. The zero-order valence-electron chi connectivity index (χ0n) is 8.20. The molecule has 1 rings (SSSR count). The monoisotopic (exact) mass is 190 g/mol. The van der Waals surface area contributed by atoms with Crippen LogP contribution in [-0.4, -0.2) is 23.4 Å². The van der Waals surface area contributed by atoms with Crippen LogP contribution in [0.2, 0.25) is 0 Å². The molecule has 0 aliphatic heterocycles. The lowest BCUT2D eigenvalue weighted by Gasteiger charge is -1.94. The molecule has 0 heterocycles. The fourth-order valence-corrected chi connectivity index (χ4v) is 1.09. The van der Waals surface area contributed by atoms with Gasteiger partial charge in [-0.1, -0.05) is 29.8 Å². The maximum atomic E-state index is 8.78. The van der Waals surface area contributed by atoms with Gasteiger partial charge in [-0.3, -0.25) is 0 Å². The summed E-state index contributed by atoms with van der Waals surface area (Å²) in [5.74, 6) is 0. The van der Waals surface area contributed by atoms with Crippen LogP contribution in [0.25, 0.3) is 6.08 Å². The predicted molar refractivity (Wildman–Crippen MR) is 56.8 cm³/mol. The largest absolute Gasteiger partial charge is 0.391 e. The number of hydrogen-bond acceptors (Lipinski definition) is 2. The van der Waals surface area contributed by atoms with E-state index in [2.05, 4.69) is 5.73 Å². The summed E-state index contributed by atoms with van der Waals surface area (Å²) >= 11 is 0. The first-order chi connectivity index (χ1) is 6.76. The molecule has 0 fully saturated rings. The number of hydrogen-bond donors (Lipinski definition) is 2. The first-order valence-electron chi connectivity index (χ1n) is 4.49. The Balaban J connectivity index is 2.92. The fourth-order valence-electron chi connectivity index (χ4n) is 1.09. The number of aliphatic hydroxyl groups is 2. The van der Waals surface area contributed by atoms with Gasteiger partial charge in [0.1, 0.15) is 0 Å². The first kappa shape index (κ1) is 10.7. The molecule has 0 aromatic heterocycles. The average Bonchev–Trinajstić information content (AvgIpc) is 2.19. The second-order valence-corrected chi connectivity index (χ2v) is 3.12. The third-order valence-electron chi connectivity index (χ3n) is 1.87. The summed E-state index contributed by atoms with van der Waals surface area (Å²) in [6.45, 7) is 1.71. The second-order valence-electron chi connectivity index (χ2n) is 3.12. The highest BCUT2D eigenvalue weighted by molar-refractivity contribution is 5.50. The van der Waals surface area contributed by atoms with E-state index < -0.39 is 0 Å². The lowest BCUT2D eigenvalue weighted by Crippen LogP contribution is -1.93. The summed E-state index contributed by atoms with van der Waals surface area (Å²) < 4.78 is 0. The molecule has 2 heteroatoms. The van der Waals surface area contributed by atoms with Gasteiger partial charge in [-0.2, -0.15) is 0 Å². The van der Waals surface area contributed by atoms with Crippen molar-refractivity contribution in [3.63, 3.8) is 0 Å². The summed E-state index contributed by atoms with van der Waals surface area (Å²) in [5, 5.41) is 17.6. The zero-order chi connectivity index (χ0) is 10.4. The molecule has 74 valence electrons. The van der Waals surface area contributed by atoms with E-state index in [9.17, 15) is 0 Å². The SMILES string of the molecule is Cc1cccc(C=C=C(CO)CO)c1. The topological polar surface area (TPSA) is 40.5 Å². The quantitative estimate of drug-likeness (QED) is 0.709. The van der Waals surface area contributed by atoms with Crippen molar-refractivity contribution in [2.75, 3.05) is 13.2 Å². The Bertz CT molecular complexity index is 354. The van der Waals surface area contributed by atoms with Crippen LogP contribution in [0.4, 0.5) is 0 Å². The maximum absolute atomic E-state index is 8.78. The van der Waals surface area contributed by atoms with Crippen LogP contribution in [0.15, 0.2) is 35.6 Å². The molecule has 0 aliphatic rings. The van der Waals surface area contributed by atoms with E-state index in [1.54, 1.807) is 6.08 Å². The first-order valence-corrected chi connectivity index (χ1v) is 4.49. The van der Waals surface area contributed by atoms with Crippen molar-refractivity contribution in [2.45, 2.75) is 6.92 Å². The van der Waals surface area contributed by atoms with E-state index in [0.717, 1.165) is 5.56 Å². The van der Waals surface area contributed by atoms with Crippen LogP contribution in [0.1, 0.15) is 11.1 Å². The molecular formula is C12H14O2. The molecule has 0 radical (unpaired) electrons. The highest BCUT2D eigenvalue weighted by Crippen LogP contribution is 2.05. The Hall–Kier alpha value is -1.34. The van der Waals surface area contributed by atoms with Gasteiger partial charge < -0.3 is 10.2 Å². The van der Waals surface area contributed by atoms with Crippen molar-refractivity contribution in [1.29, 1.82) is 0 Å². The van der Waals surface area contributed by atoms with E-state index in [-0.39, 0.29) is 13.2 Å². The van der Waals surface area contributed by atoms with Gasteiger partial charge in [-0.15, -0.1) is 5.73 Å². The molecule has 0 atom stereocenters. The second kappa shape index (κ2) is 5.40. The molecule has 0 aliphatic carbocycles. The van der Waals surface area contributed by atoms with Gasteiger partial charge >= 0.3 is 0 Å². The normalized spacial score (nSPS) is 9.36. The Morgan fingerprint density at radius 3 is 2.64 bits per heavy atom. The average molecular weight is 190 g/mol. The van der Waals surface area contributed by atoms with Gasteiger partial charge in [-0.05, 0) is 18.6 Å². The minimum absolute atomic E-state index is 0.154. The third-order valence-corrected chi connectivity index (χ3v) is 1.87. The highest BCUT2D eigenvalue weighted by Gasteiger charge is 1.89. The van der Waals surface area contributed by atoms with Gasteiger partial charge in [0, 0.05) is 5.57 Å². The molecule has 2 nitrogen and oxygen atoms in total. The van der Waals surface area contributed by atoms with Gasteiger partial charge in [0.25, 0.3) is 0 Å². The van der Waals surface area contributed by atoms with Crippen molar-refractivity contribution in [1.82, 2.24) is 0 Å². The van der Waals surface area contributed by atoms with Crippen LogP contribution in [0.3, 0.4) is 0 Å². The summed E-state index contributed by atoms with van der Waals surface area (Å²) in [6.07, 6.45) is 1.76. The van der Waals surface area contributed by atoms with E-state index in [1.165, 1.54) is 5.56 Å². The molecule has 14 heavy (non-hydrogen) atoms. The molecule has 2 N–H and O–H groups in total. The predicted octanol–water partition coefficient (Wildman–Crippen LogP) is 1.52. The molecule has 0 spiro atoms. The summed E-state index contributed by atoms with van der Waals surface area (Å²) in [7, 11) is 0. The number of benzene rings is 1.